The summed E-state index contributed by atoms with van der Waals surface area (Å²) in [5.41, 5.74) is 5.80. The second-order valence-corrected chi connectivity index (χ2v) is 18.3. The van der Waals surface area contributed by atoms with Crippen molar-refractivity contribution in [1.29, 1.82) is 0 Å². The van der Waals surface area contributed by atoms with Crippen LogP contribution in [0.5, 0.6) is 0 Å². The average Bonchev–Trinajstić information content (AvgIpc) is 2.81. The molecule has 0 saturated carbocycles. The van der Waals surface area contributed by atoms with Crippen LogP contribution in [-0.2, 0) is -0.234 Å². The first kappa shape index (κ1) is 20.7. The normalized spacial score (nSPS) is 11.7. The van der Waals surface area contributed by atoms with Gasteiger partial charge in [0.05, 0.1) is 0 Å². The third kappa shape index (κ3) is 4.33. The Morgan fingerprint density at radius 1 is 0.379 bits per heavy atom. The van der Waals surface area contributed by atoms with E-state index in [1.807, 2.05) is 0 Å². The maximum atomic E-state index is 2.49. The van der Waals surface area contributed by atoms with Crippen molar-refractivity contribution >= 4 is 44.2 Å². The van der Waals surface area contributed by atoms with Crippen LogP contribution in [0.1, 0.15) is 36.1 Å². The summed E-state index contributed by atoms with van der Waals surface area (Å²) in [6, 6.07) is 44.6. The van der Waals surface area contributed by atoms with Crippen molar-refractivity contribution in [1.82, 2.24) is 0 Å². The van der Waals surface area contributed by atoms with E-state index in [0.29, 0.717) is 0 Å². The predicted octanol–water partition coefficient (Wildman–Crippen LogP) is 6.62. The molecule has 0 aromatic heterocycles. The van der Waals surface area contributed by atoms with Gasteiger partial charge in [0.15, 0.2) is 0 Å². The van der Waals surface area contributed by atoms with E-state index in [0.717, 1.165) is 0 Å². The molecule has 0 aliphatic rings. The molecule has 140 valence electrons. The first-order chi connectivity index (χ1) is 14.1. The third-order valence-electron chi connectivity index (χ3n) is 6.35. The molecule has 1 heteroatoms. The number of rotatable bonds is 6. The van der Waals surface area contributed by atoms with Gasteiger partial charge in [0.1, 0.15) is 0 Å². The molecule has 4 aromatic carbocycles. The molecule has 0 radical (unpaired) electrons. The van der Waals surface area contributed by atoms with Gasteiger partial charge < -0.3 is 0 Å². The third-order valence-corrected chi connectivity index (χ3v) is 15.9. The van der Waals surface area contributed by atoms with E-state index in [4.69, 9.17) is 0 Å². The fourth-order valence-corrected chi connectivity index (χ4v) is 14.6. The van der Waals surface area contributed by atoms with Crippen LogP contribution in [0.3, 0.4) is 0 Å². The molecule has 0 aliphatic carbocycles. The van der Waals surface area contributed by atoms with Gasteiger partial charge in [-0.2, -0.15) is 0 Å². The van der Waals surface area contributed by atoms with Crippen molar-refractivity contribution in [3.8, 4) is 0 Å². The van der Waals surface area contributed by atoms with Gasteiger partial charge >= 0.3 is 201 Å². The van der Waals surface area contributed by atoms with Crippen LogP contribution in [-0.4, -0.2) is 44.2 Å². The Hall–Kier alpha value is -1.55. The Bertz CT molecular complexity index is 859. The van der Waals surface area contributed by atoms with Gasteiger partial charge in [-0.05, 0) is 0 Å². The molecule has 0 atom stereocenters. The SMILES string of the molecule is C[C]([Ba][C](C)(c1ccccc1)c1ccccc1)(c1ccccc1)c1ccccc1. The van der Waals surface area contributed by atoms with Gasteiger partial charge in [-0.15, -0.1) is 0 Å². The second-order valence-electron chi connectivity index (χ2n) is 8.31. The van der Waals surface area contributed by atoms with Gasteiger partial charge in [-0.25, -0.2) is 0 Å². The van der Waals surface area contributed by atoms with Crippen LogP contribution in [0.4, 0.5) is 0 Å². The van der Waals surface area contributed by atoms with Crippen molar-refractivity contribution in [3.05, 3.63) is 144 Å². The summed E-state index contributed by atoms with van der Waals surface area (Å²) in [6.45, 7) is 4.98. The zero-order valence-electron chi connectivity index (χ0n) is 17.3. The summed E-state index contributed by atoms with van der Waals surface area (Å²) < 4.78 is 0.200. The quantitative estimate of drug-likeness (QED) is 0.262. The molecule has 4 aromatic rings. The van der Waals surface area contributed by atoms with Crippen LogP contribution in [0.15, 0.2) is 121 Å². The molecule has 0 nitrogen and oxygen atoms in total. The summed E-state index contributed by atoms with van der Waals surface area (Å²) in [4.78, 5) is 0. The van der Waals surface area contributed by atoms with Crippen LogP contribution in [0, 0.1) is 0 Å². The molecule has 0 saturated heterocycles. The average molecular weight is 500 g/mol. The first-order valence-corrected chi connectivity index (χ1v) is 14.8. The molecule has 0 amide bonds. The first-order valence-electron chi connectivity index (χ1n) is 10.3. The minimum atomic E-state index is -1.78. The number of hydrogen-bond donors (Lipinski definition) is 0. The van der Waals surface area contributed by atoms with Crippen molar-refractivity contribution < 1.29 is 0 Å². The van der Waals surface area contributed by atoms with Crippen molar-refractivity contribution in [2.75, 3.05) is 0 Å². The van der Waals surface area contributed by atoms with Gasteiger partial charge in [0, 0.05) is 0 Å². The molecule has 0 unspecified atom stereocenters. The monoisotopic (exact) mass is 500 g/mol. The van der Waals surface area contributed by atoms with Crippen molar-refractivity contribution in [2.24, 2.45) is 0 Å². The summed E-state index contributed by atoms with van der Waals surface area (Å²) in [5.74, 6) is 0. The molecule has 0 spiro atoms. The van der Waals surface area contributed by atoms with Crippen molar-refractivity contribution in [2.45, 2.75) is 13.6 Å². The van der Waals surface area contributed by atoms with Gasteiger partial charge in [-0.1, -0.05) is 0 Å². The van der Waals surface area contributed by atoms with Crippen LogP contribution < -0.4 is 0 Å². The van der Waals surface area contributed by atoms with Crippen molar-refractivity contribution in [3.63, 3.8) is 0 Å². The zero-order chi connectivity index (χ0) is 20.2. The fourth-order valence-electron chi connectivity index (χ4n) is 4.67. The molecule has 0 aliphatic heterocycles. The zero-order valence-corrected chi connectivity index (χ0v) is 21.7. The topological polar surface area (TPSA) is 0 Å². The standard InChI is InChI=1S/2C14H13.Ba/c2*1-12(13-8-4-2-5-9-13)14-10-6-3-7-11-14;/h2*2-11H,1H3;. The molecule has 0 N–H and O–H groups in total. The van der Waals surface area contributed by atoms with Crippen LogP contribution in [0.2, 0.25) is 0 Å². The van der Waals surface area contributed by atoms with Gasteiger partial charge in [0.2, 0.25) is 0 Å². The molecule has 0 bridgehead atoms. The van der Waals surface area contributed by atoms with E-state index in [1.54, 1.807) is 0 Å². The fraction of sp³-hybridized carbons (Fsp3) is 0.143. The van der Waals surface area contributed by atoms with Gasteiger partial charge in [-0.3, -0.25) is 0 Å². The number of hydrogen-bond acceptors (Lipinski definition) is 0. The van der Waals surface area contributed by atoms with E-state index >= 15 is 0 Å². The van der Waals surface area contributed by atoms with E-state index in [9.17, 15) is 0 Å². The summed E-state index contributed by atoms with van der Waals surface area (Å²) >= 11 is -1.78. The Kier molecular flexibility index (Phi) is 6.48. The molecule has 0 heterocycles. The van der Waals surface area contributed by atoms with E-state index in [-0.39, 0.29) is -0.234 Å². The van der Waals surface area contributed by atoms with E-state index in [2.05, 4.69) is 135 Å². The predicted molar refractivity (Wildman–Crippen MR) is 124 cm³/mol. The molecular weight excluding hydrogens is 474 g/mol. The maximum absolute atomic E-state index is 2.49. The Morgan fingerprint density at radius 2 is 0.586 bits per heavy atom. The Morgan fingerprint density at radius 3 is 0.793 bits per heavy atom. The van der Waals surface area contributed by atoms with Crippen LogP contribution >= 0.6 is 0 Å². The van der Waals surface area contributed by atoms with Gasteiger partial charge in [0.25, 0.3) is 0 Å². The molecule has 0 fully saturated rings. The summed E-state index contributed by atoms with van der Waals surface area (Å²) in [6.07, 6.45) is 0. The molecular formula is C28H26Ba. The Balaban J connectivity index is 1.91. The number of benzene rings is 4. The summed E-state index contributed by atoms with van der Waals surface area (Å²) in [7, 11) is 0. The minimum absolute atomic E-state index is 0.100. The van der Waals surface area contributed by atoms with Crippen LogP contribution in [0.25, 0.3) is 0 Å². The van der Waals surface area contributed by atoms with E-state index < -0.39 is 44.2 Å². The van der Waals surface area contributed by atoms with E-state index in [1.165, 1.54) is 22.3 Å². The Labute approximate surface area is 199 Å². The second kappa shape index (κ2) is 9.08. The molecule has 29 heavy (non-hydrogen) atoms. The summed E-state index contributed by atoms with van der Waals surface area (Å²) in [5, 5.41) is 0. The molecule has 4 rings (SSSR count).